The van der Waals surface area contributed by atoms with Crippen LogP contribution >= 0.6 is 11.8 Å². The number of ether oxygens (including phenoxy) is 1. The van der Waals surface area contributed by atoms with Crippen molar-refractivity contribution in [1.29, 1.82) is 0 Å². The quantitative estimate of drug-likeness (QED) is 0.285. The van der Waals surface area contributed by atoms with Crippen LogP contribution in [0.3, 0.4) is 0 Å². The SMILES string of the molecule is O=S(=O)(NCc1nnc(SCC2CCCCC2)n1-c1ccc(F)cc1)c1ccc(OC(F)(F)F)cc1. The van der Waals surface area contributed by atoms with Gasteiger partial charge in [0, 0.05) is 11.4 Å². The van der Waals surface area contributed by atoms with E-state index in [1.54, 1.807) is 16.7 Å². The highest BCUT2D eigenvalue weighted by Gasteiger charge is 2.31. The molecule has 0 amide bonds. The van der Waals surface area contributed by atoms with E-state index in [0.717, 1.165) is 42.9 Å². The van der Waals surface area contributed by atoms with Gasteiger partial charge in [-0.1, -0.05) is 31.0 Å². The van der Waals surface area contributed by atoms with E-state index in [9.17, 15) is 26.0 Å². The molecule has 0 atom stereocenters. The molecule has 0 saturated heterocycles. The predicted molar refractivity (Wildman–Crippen MR) is 126 cm³/mol. The van der Waals surface area contributed by atoms with Gasteiger partial charge in [-0.2, -0.15) is 0 Å². The Bertz CT molecular complexity index is 1260. The van der Waals surface area contributed by atoms with Crippen molar-refractivity contribution in [2.24, 2.45) is 5.92 Å². The number of hydrogen-bond donors (Lipinski definition) is 1. The van der Waals surface area contributed by atoms with E-state index in [1.807, 2.05) is 0 Å². The summed E-state index contributed by atoms with van der Waals surface area (Å²) in [6.45, 7) is -0.239. The molecule has 13 heteroatoms. The van der Waals surface area contributed by atoms with Gasteiger partial charge in [0.2, 0.25) is 10.0 Å². The first-order chi connectivity index (χ1) is 17.1. The maximum absolute atomic E-state index is 13.5. The number of sulfonamides is 1. The van der Waals surface area contributed by atoms with Crippen LogP contribution < -0.4 is 9.46 Å². The molecule has 1 heterocycles. The summed E-state index contributed by atoms with van der Waals surface area (Å²) in [6, 6.07) is 9.57. The van der Waals surface area contributed by atoms with Crippen LogP contribution in [-0.2, 0) is 16.6 Å². The lowest BCUT2D eigenvalue weighted by atomic mass is 9.91. The Kier molecular flexibility index (Phi) is 8.20. The summed E-state index contributed by atoms with van der Waals surface area (Å²) in [5.41, 5.74) is 0.579. The number of thioether (sulfide) groups is 1. The Hall–Kier alpha value is -2.64. The van der Waals surface area contributed by atoms with Crippen LogP contribution in [-0.4, -0.2) is 35.3 Å². The fourth-order valence-electron chi connectivity index (χ4n) is 3.97. The molecule has 3 aromatic rings. The Morgan fingerprint density at radius 3 is 2.31 bits per heavy atom. The molecule has 36 heavy (non-hydrogen) atoms. The van der Waals surface area contributed by atoms with Gasteiger partial charge in [-0.25, -0.2) is 17.5 Å². The van der Waals surface area contributed by atoms with Crippen LogP contribution in [0.1, 0.15) is 37.9 Å². The van der Waals surface area contributed by atoms with Crippen LogP contribution in [0.5, 0.6) is 5.75 Å². The third-order valence-electron chi connectivity index (χ3n) is 5.75. The molecular weight excluding hydrogens is 520 g/mol. The highest BCUT2D eigenvalue weighted by atomic mass is 32.2. The Morgan fingerprint density at radius 1 is 1.00 bits per heavy atom. The molecule has 4 rings (SSSR count). The molecule has 0 spiro atoms. The summed E-state index contributed by atoms with van der Waals surface area (Å²) in [5.74, 6) is 0.750. The molecule has 0 unspecified atom stereocenters. The van der Waals surface area contributed by atoms with E-state index < -0.39 is 28.0 Å². The van der Waals surface area contributed by atoms with Crippen molar-refractivity contribution in [3.05, 3.63) is 60.2 Å². The second kappa shape index (κ2) is 11.2. The summed E-state index contributed by atoms with van der Waals surface area (Å²) in [5, 5.41) is 8.96. The number of benzene rings is 2. The van der Waals surface area contributed by atoms with E-state index in [2.05, 4.69) is 19.7 Å². The fraction of sp³-hybridized carbons (Fsp3) is 0.391. The number of nitrogens with zero attached hydrogens (tertiary/aromatic N) is 3. The van der Waals surface area contributed by atoms with Gasteiger partial charge in [0.05, 0.1) is 11.4 Å². The van der Waals surface area contributed by atoms with E-state index in [-0.39, 0.29) is 17.3 Å². The second-order valence-electron chi connectivity index (χ2n) is 8.37. The number of rotatable bonds is 9. The van der Waals surface area contributed by atoms with Gasteiger partial charge >= 0.3 is 6.36 Å². The van der Waals surface area contributed by atoms with E-state index in [0.29, 0.717) is 16.8 Å². The largest absolute Gasteiger partial charge is 0.573 e. The van der Waals surface area contributed by atoms with Gasteiger partial charge in [0.15, 0.2) is 11.0 Å². The van der Waals surface area contributed by atoms with Gasteiger partial charge in [0.25, 0.3) is 0 Å². The van der Waals surface area contributed by atoms with Crippen molar-refractivity contribution in [2.45, 2.75) is 55.1 Å². The minimum atomic E-state index is -4.88. The topological polar surface area (TPSA) is 86.1 Å². The summed E-state index contributed by atoms with van der Waals surface area (Å²) >= 11 is 1.52. The van der Waals surface area contributed by atoms with Crippen molar-refractivity contribution in [3.63, 3.8) is 0 Å². The molecule has 1 aromatic heterocycles. The molecule has 2 aromatic carbocycles. The lowest BCUT2D eigenvalue weighted by Gasteiger charge is -2.20. The van der Waals surface area contributed by atoms with Crippen molar-refractivity contribution in [1.82, 2.24) is 19.5 Å². The smallest absolute Gasteiger partial charge is 0.406 e. The summed E-state index contributed by atoms with van der Waals surface area (Å²) in [7, 11) is -4.08. The molecule has 7 nitrogen and oxygen atoms in total. The maximum Gasteiger partial charge on any atom is 0.573 e. The van der Waals surface area contributed by atoms with Crippen LogP contribution in [0.4, 0.5) is 17.6 Å². The van der Waals surface area contributed by atoms with Gasteiger partial charge < -0.3 is 4.74 Å². The second-order valence-corrected chi connectivity index (χ2v) is 11.1. The normalized spacial score (nSPS) is 15.2. The monoisotopic (exact) mass is 544 g/mol. The number of aromatic nitrogens is 3. The number of nitrogens with one attached hydrogen (secondary N) is 1. The molecular formula is C23H24F4N4O3S2. The number of halogens is 4. The van der Waals surface area contributed by atoms with Crippen LogP contribution in [0.15, 0.2) is 58.6 Å². The minimum absolute atomic E-state index is 0.239. The number of hydrogen-bond acceptors (Lipinski definition) is 6. The zero-order valence-corrected chi connectivity index (χ0v) is 20.7. The average Bonchev–Trinajstić information content (AvgIpc) is 3.25. The Balaban J connectivity index is 1.51. The summed E-state index contributed by atoms with van der Waals surface area (Å²) in [6.07, 6.45) is 1.07. The molecule has 1 aliphatic carbocycles. The first kappa shape index (κ1) is 26.4. The number of alkyl halides is 3. The van der Waals surface area contributed by atoms with Crippen molar-refractivity contribution in [2.75, 3.05) is 5.75 Å². The summed E-state index contributed by atoms with van der Waals surface area (Å²) < 4.78 is 83.9. The van der Waals surface area contributed by atoms with Crippen molar-refractivity contribution >= 4 is 21.8 Å². The van der Waals surface area contributed by atoms with Crippen molar-refractivity contribution < 1.29 is 30.7 Å². The molecule has 1 N–H and O–H groups in total. The van der Waals surface area contributed by atoms with Crippen molar-refractivity contribution in [3.8, 4) is 11.4 Å². The van der Waals surface area contributed by atoms with Crippen LogP contribution in [0.25, 0.3) is 5.69 Å². The van der Waals surface area contributed by atoms with Gasteiger partial charge in [-0.15, -0.1) is 23.4 Å². The lowest BCUT2D eigenvalue weighted by molar-refractivity contribution is -0.274. The predicted octanol–water partition coefficient (Wildman–Crippen LogP) is 5.46. The first-order valence-electron chi connectivity index (χ1n) is 11.3. The third kappa shape index (κ3) is 6.98. The zero-order chi connectivity index (χ0) is 25.8. The Morgan fingerprint density at radius 2 is 1.67 bits per heavy atom. The minimum Gasteiger partial charge on any atom is -0.406 e. The van der Waals surface area contributed by atoms with Crippen LogP contribution in [0, 0.1) is 11.7 Å². The lowest BCUT2D eigenvalue weighted by Crippen LogP contribution is -2.25. The van der Waals surface area contributed by atoms with E-state index in [4.69, 9.17) is 0 Å². The third-order valence-corrected chi connectivity index (χ3v) is 8.32. The molecule has 1 fully saturated rings. The standard InChI is InChI=1S/C23H24F4N4O3S2/c24-17-6-8-18(9-7-17)31-21(29-30-22(31)35-15-16-4-2-1-3-5-16)14-28-36(32,33)20-12-10-19(11-13-20)34-23(25,26)27/h6-13,16,28H,1-5,14-15H2. The van der Waals surface area contributed by atoms with E-state index in [1.165, 1.54) is 43.2 Å². The maximum atomic E-state index is 13.5. The highest BCUT2D eigenvalue weighted by Crippen LogP contribution is 2.31. The van der Waals surface area contributed by atoms with Crippen LogP contribution in [0.2, 0.25) is 0 Å². The van der Waals surface area contributed by atoms with Gasteiger partial charge in [0.1, 0.15) is 11.6 Å². The molecule has 0 bridgehead atoms. The molecule has 0 radical (unpaired) electrons. The molecule has 1 aliphatic rings. The first-order valence-corrected chi connectivity index (χ1v) is 13.8. The van der Waals surface area contributed by atoms with Gasteiger partial charge in [-0.05, 0) is 67.3 Å². The average molecular weight is 545 g/mol. The zero-order valence-electron chi connectivity index (χ0n) is 19.0. The summed E-state index contributed by atoms with van der Waals surface area (Å²) in [4.78, 5) is -0.239. The molecule has 0 aliphatic heterocycles. The molecule has 1 saturated carbocycles. The van der Waals surface area contributed by atoms with E-state index >= 15 is 0 Å². The highest BCUT2D eigenvalue weighted by molar-refractivity contribution is 7.99. The molecule has 194 valence electrons. The fourth-order valence-corrected chi connectivity index (χ4v) is 6.10. The Labute approximate surface area is 210 Å². The van der Waals surface area contributed by atoms with Gasteiger partial charge in [-0.3, -0.25) is 4.57 Å².